The van der Waals surface area contributed by atoms with Gasteiger partial charge in [0.2, 0.25) is 0 Å². The van der Waals surface area contributed by atoms with Crippen molar-refractivity contribution in [2.75, 3.05) is 39.4 Å². The fourth-order valence-electron chi connectivity index (χ4n) is 4.46. The van der Waals surface area contributed by atoms with Gasteiger partial charge < -0.3 is 4.74 Å². The minimum atomic E-state index is 0.540. The standard InChI is InChI=1S/C21H34N6O/c1-17(2)12-27-14-18(10-23-27)13-26-5-3-4-19(15-26)21-20(11-22-24-21)16-25-6-8-28-9-7-25/h10-11,14,17,19H,3-9,12-13,15-16H2,1-2H3,(H,22,24). The molecular weight excluding hydrogens is 352 g/mol. The summed E-state index contributed by atoms with van der Waals surface area (Å²) in [5, 5.41) is 12.2. The third-order valence-electron chi connectivity index (χ3n) is 5.81. The van der Waals surface area contributed by atoms with E-state index in [-0.39, 0.29) is 0 Å². The van der Waals surface area contributed by atoms with Gasteiger partial charge in [0.1, 0.15) is 0 Å². The number of aromatic nitrogens is 4. The number of nitrogens with one attached hydrogen (secondary N) is 1. The zero-order chi connectivity index (χ0) is 19.3. The van der Waals surface area contributed by atoms with E-state index >= 15 is 0 Å². The van der Waals surface area contributed by atoms with Gasteiger partial charge in [-0.3, -0.25) is 19.6 Å². The van der Waals surface area contributed by atoms with Crippen LogP contribution in [0.2, 0.25) is 0 Å². The van der Waals surface area contributed by atoms with E-state index in [1.165, 1.54) is 36.2 Å². The number of morpholine rings is 1. The van der Waals surface area contributed by atoms with E-state index in [4.69, 9.17) is 4.74 Å². The summed E-state index contributed by atoms with van der Waals surface area (Å²) in [4.78, 5) is 5.05. The lowest BCUT2D eigenvalue weighted by Crippen LogP contribution is -2.37. The number of ether oxygens (including phenoxy) is 1. The van der Waals surface area contributed by atoms with Crippen molar-refractivity contribution in [1.29, 1.82) is 0 Å². The maximum Gasteiger partial charge on any atom is 0.0594 e. The summed E-state index contributed by atoms with van der Waals surface area (Å²) in [6.45, 7) is 13.4. The van der Waals surface area contributed by atoms with Crippen molar-refractivity contribution in [2.45, 2.75) is 52.2 Å². The highest BCUT2D eigenvalue weighted by Crippen LogP contribution is 2.29. The lowest BCUT2D eigenvalue weighted by molar-refractivity contribution is 0.0339. The second kappa shape index (κ2) is 9.20. The van der Waals surface area contributed by atoms with Crippen molar-refractivity contribution >= 4 is 0 Å². The Hall–Kier alpha value is -1.70. The molecule has 154 valence electrons. The van der Waals surface area contributed by atoms with Gasteiger partial charge in [-0.2, -0.15) is 10.2 Å². The molecule has 0 radical (unpaired) electrons. The smallest absolute Gasteiger partial charge is 0.0594 e. The molecule has 4 heterocycles. The SMILES string of the molecule is CC(C)Cn1cc(CN2CCCC(c3[nH]ncc3CN3CCOCC3)C2)cn1. The molecule has 7 heteroatoms. The number of hydrogen-bond donors (Lipinski definition) is 1. The van der Waals surface area contributed by atoms with E-state index in [2.05, 4.69) is 49.8 Å². The fourth-order valence-corrected chi connectivity index (χ4v) is 4.46. The highest BCUT2D eigenvalue weighted by atomic mass is 16.5. The third-order valence-corrected chi connectivity index (χ3v) is 5.81. The first-order chi connectivity index (χ1) is 13.7. The van der Waals surface area contributed by atoms with Crippen LogP contribution in [0, 0.1) is 5.92 Å². The monoisotopic (exact) mass is 386 g/mol. The molecule has 2 aromatic rings. The summed E-state index contributed by atoms with van der Waals surface area (Å²) in [7, 11) is 0. The van der Waals surface area contributed by atoms with Crippen LogP contribution in [0.15, 0.2) is 18.6 Å². The van der Waals surface area contributed by atoms with Gasteiger partial charge in [0.05, 0.1) is 25.6 Å². The number of aromatic amines is 1. The van der Waals surface area contributed by atoms with E-state index in [1.807, 2.05) is 12.4 Å². The van der Waals surface area contributed by atoms with Crippen LogP contribution < -0.4 is 0 Å². The van der Waals surface area contributed by atoms with E-state index < -0.39 is 0 Å². The van der Waals surface area contributed by atoms with Gasteiger partial charge in [-0.1, -0.05) is 13.8 Å². The highest BCUT2D eigenvalue weighted by molar-refractivity contribution is 5.22. The average molecular weight is 387 g/mol. The number of H-pyrrole nitrogens is 1. The van der Waals surface area contributed by atoms with Crippen LogP contribution in [0.3, 0.4) is 0 Å². The molecule has 1 N–H and O–H groups in total. The quantitative estimate of drug-likeness (QED) is 0.792. The number of likely N-dealkylation sites (tertiary alicyclic amines) is 1. The summed E-state index contributed by atoms with van der Waals surface area (Å²) in [5.74, 6) is 1.16. The molecule has 0 aromatic carbocycles. The Bertz CT molecular complexity index is 733. The Balaban J connectivity index is 1.36. The molecule has 1 unspecified atom stereocenters. The number of nitrogens with zero attached hydrogens (tertiary/aromatic N) is 5. The first kappa shape index (κ1) is 19.6. The molecule has 0 amide bonds. The molecule has 7 nitrogen and oxygen atoms in total. The largest absolute Gasteiger partial charge is 0.379 e. The Morgan fingerprint density at radius 1 is 1.14 bits per heavy atom. The molecule has 2 aliphatic rings. The highest BCUT2D eigenvalue weighted by Gasteiger charge is 2.26. The molecule has 0 bridgehead atoms. The van der Waals surface area contributed by atoms with E-state index in [1.54, 1.807) is 0 Å². The third kappa shape index (κ3) is 5.01. The molecular formula is C21H34N6O. The maximum absolute atomic E-state index is 5.48. The Kier molecular flexibility index (Phi) is 6.44. The minimum Gasteiger partial charge on any atom is -0.379 e. The summed E-state index contributed by atoms with van der Waals surface area (Å²) in [6.07, 6.45) is 8.75. The van der Waals surface area contributed by atoms with Gasteiger partial charge in [0.15, 0.2) is 0 Å². The van der Waals surface area contributed by atoms with Gasteiger partial charge in [-0.25, -0.2) is 0 Å². The maximum atomic E-state index is 5.48. The van der Waals surface area contributed by atoms with Crippen molar-refractivity contribution in [1.82, 2.24) is 29.8 Å². The zero-order valence-corrected chi connectivity index (χ0v) is 17.3. The Morgan fingerprint density at radius 3 is 2.82 bits per heavy atom. The summed E-state index contributed by atoms with van der Waals surface area (Å²) < 4.78 is 7.56. The van der Waals surface area contributed by atoms with E-state index in [0.29, 0.717) is 11.8 Å². The van der Waals surface area contributed by atoms with Crippen LogP contribution in [0.25, 0.3) is 0 Å². The lowest BCUT2D eigenvalue weighted by atomic mass is 9.92. The number of rotatable bonds is 7. The normalized spacial score (nSPS) is 22.2. The first-order valence-corrected chi connectivity index (χ1v) is 10.7. The van der Waals surface area contributed by atoms with Crippen LogP contribution in [-0.2, 0) is 24.4 Å². The number of hydrogen-bond acceptors (Lipinski definition) is 5. The molecule has 2 aromatic heterocycles. The molecule has 0 spiro atoms. The predicted molar refractivity (Wildman–Crippen MR) is 109 cm³/mol. The second-order valence-electron chi connectivity index (χ2n) is 8.74. The van der Waals surface area contributed by atoms with Gasteiger partial charge in [0, 0.05) is 68.2 Å². The topological polar surface area (TPSA) is 62.2 Å². The van der Waals surface area contributed by atoms with Crippen molar-refractivity contribution in [3.63, 3.8) is 0 Å². The van der Waals surface area contributed by atoms with Crippen LogP contribution in [-0.4, -0.2) is 69.2 Å². The van der Waals surface area contributed by atoms with Crippen LogP contribution in [0.1, 0.15) is 49.4 Å². The second-order valence-corrected chi connectivity index (χ2v) is 8.74. The molecule has 0 saturated carbocycles. The van der Waals surface area contributed by atoms with E-state index in [0.717, 1.165) is 52.5 Å². The Morgan fingerprint density at radius 2 is 2.00 bits per heavy atom. The lowest BCUT2D eigenvalue weighted by Gasteiger charge is -2.33. The summed E-state index contributed by atoms with van der Waals surface area (Å²) in [5.41, 5.74) is 4.02. The molecule has 2 fully saturated rings. The van der Waals surface area contributed by atoms with Gasteiger partial charge >= 0.3 is 0 Å². The minimum absolute atomic E-state index is 0.540. The molecule has 2 aliphatic heterocycles. The van der Waals surface area contributed by atoms with Crippen molar-refractivity contribution in [3.05, 3.63) is 35.4 Å². The van der Waals surface area contributed by atoms with Crippen LogP contribution in [0.4, 0.5) is 0 Å². The Labute approximate surface area is 168 Å². The van der Waals surface area contributed by atoms with Gasteiger partial charge in [-0.05, 0) is 25.3 Å². The first-order valence-electron chi connectivity index (χ1n) is 10.7. The number of piperidine rings is 1. The predicted octanol–water partition coefficient (Wildman–Crippen LogP) is 2.47. The zero-order valence-electron chi connectivity index (χ0n) is 17.3. The van der Waals surface area contributed by atoms with Crippen LogP contribution >= 0.6 is 0 Å². The summed E-state index contributed by atoms with van der Waals surface area (Å²) >= 11 is 0. The van der Waals surface area contributed by atoms with Crippen molar-refractivity contribution in [3.8, 4) is 0 Å². The fraction of sp³-hybridized carbons (Fsp3) is 0.714. The van der Waals surface area contributed by atoms with Crippen LogP contribution in [0.5, 0.6) is 0 Å². The molecule has 0 aliphatic carbocycles. The molecule has 2 saturated heterocycles. The van der Waals surface area contributed by atoms with E-state index in [9.17, 15) is 0 Å². The summed E-state index contributed by atoms with van der Waals surface area (Å²) in [6, 6.07) is 0. The van der Waals surface area contributed by atoms with Crippen molar-refractivity contribution < 1.29 is 4.74 Å². The molecule has 1 atom stereocenters. The van der Waals surface area contributed by atoms with Crippen molar-refractivity contribution in [2.24, 2.45) is 5.92 Å². The molecule has 28 heavy (non-hydrogen) atoms. The average Bonchev–Trinajstić information content (AvgIpc) is 3.32. The van der Waals surface area contributed by atoms with Gasteiger partial charge in [0.25, 0.3) is 0 Å². The van der Waals surface area contributed by atoms with Gasteiger partial charge in [-0.15, -0.1) is 0 Å². The molecule has 4 rings (SSSR count).